The second kappa shape index (κ2) is 12.6. The first-order valence-corrected chi connectivity index (χ1v) is 10.5. The Morgan fingerprint density at radius 1 is 0.625 bits per heavy atom. The number of rotatable bonds is 5. The van der Waals surface area contributed by atoms with Crippen LogP contribution in [0.25, 0.3) is 11.4 Å². The number of para-hydroxylation sites is 2. The van der Waals surface area contributed by atoms with Crippen molar-refractivity contribution in [2.75, 3.05) is 14.2 Å². The number of benzene rings is 2. The quantitative estimate of drug-likeness (QED) is 0.390. The zero-order valence-corrected chi connectivity index (χ0v) is 19.4. The zero-order valence-electron chi connectivity index (χ0n) is 17.4. The molecule has 0 aliphatic rings. The predicted molar refractivity (Wildman–Crippen MR) is 116 cm³/mol. The summed E-state index contributed by atoms with van der Waals surface area (Å²) < 4.78 is 11.6. The molecular weight excluding hydrogens is 471 g/mol. The number of nitrogens with zero attached hydrogens (tertiary/aromatic N) is 2. The number of halogens is 1. The van der Waals surface area contributed by atoms with E-state index in [1.165, 1.54) is 14.2 Å². The number of ether oxygens (including phenoxy) is 2. The number of hydrogen-bond acceptors (Lipinski definition) is 6. The van der Waals surface area contributed by atoms with E-state index in [0.717, 1.165) is 11.4 Å². The molecule has 0 aliphatic carbocycles. The van der Waals surface area contributed by atoms with Crippen molar-refractivity contribution in [3.63, 3.8) is 0 Å². The smallest absolute Gasteiger partial charge is 0.0886 e. The summed E-state index contributed by atoms with van der Waals surface area (Å²) in [5, 5.41) is 20.1. The average molecular weight is 493 g/mol. The molecule has 0 radical (unpaired) electrons. The maximum absolute atomic E-state index is 10.0. The molecule has 166 valence electrons. The number of aromatic nitrogens is 2. The number of pyridine rings is 2. The van der Waals surface area contributed by atoms with Crippen LogP contribution < -0.4 is 30.8 Å². The van der Waals surface area contributed by atoms with Gasteiger partial charge in [0.1, 0.15) is 0 Å². The van der Waals surface area contributed by atoms with Gasteiger partial charge in [-0.25, -0.2) is 0 Å². The van der Waals surface area contributed by atoms with Gasteiger partial charge in [0.25, 0.3) is 0 Å². The average Bonchev–Trinajstić information content (AvgIpc) is 2.83. The van der Waals surface area contributed by atoms with E-state index in [1.54, 1.807) is 48.8 Å². The summed E-state index contributed by atoms with van der Waals surface area (Å²) in [7, 11) is 3.01. The van der Waals surface area contributed by atoms with Crippen LogP contribution in [-0.4, -0.2) is 34.4 Å². The predicted octanol–water partition coefficient (Wildman–Crippen LogP) is 0.296. The van der Waals surface area contributed by atoms with E-state index in [4.69, 9.17) is 9.47 Å². The van der Waals surface area contributed by atoms with Gasteiger partial charge in [-0.3, -0.25) is 9.97 Å². The second-order valence-electron chi connectivity index (χ2n) is 6.11. The van der Waals surface area contributed by atoms with Gasteiger partial charge in [0, 0.05) is 12.4 Å². The molecule has 0 fully saturated rings. The zero-order chi connectivity index (χ0) is 22.1. The van der Waals surface area contributed by atoms with Crippen LogP contribution in [0.1, 0.15) is 0 Å². The van der Waals surface area contributed by atoms with Crippen LogP contribution in [0.15, 0.2) is 85.2 Å². The van der Waals surface area contributed by atoms with Crippen LogP contribution in [-0.2, 0) is 15.0 Å². The number of phenols is 2. The first-order chi connectivity index (χ1) is 15.1. The van der Waals surface area contributed by atoms with Crippen LogP contribution in [0.5, 0.6) is 23.0 Å². The van der Waals surface area contributed by atoms with Gasteiger partial charge in [0.15, 0.2) is 0 Å². The third-order valence-electron chi connectivity index (χ3n) is 4.14. The Balaban J connectivity index is 0.000000241. The molecule has 0 saturated heterocycles. The molecule has 0 atom stereocenters. The Morgan fingerprint density at radius 2 is 1.06 bits per heavy atom. The molecule has 0 saturated carbocycles. The molecular formula is C24H22ClMnN2O4. The Hall–Kier alpha value is -3.25. The van der Waals surface area contributed by atoms with E-state index >= 15 is 0 Å². The fourth-order valence-electron chi connectivity index (χ4n) is 2.61. The van der Waals surface area contributed by atoms with Crippen LogP contribution >= 0.6 is 0 Å². The summed E-state index contributed by atoms with van der Waals surface area (Å²) in [4.78, 5) is 8.37. The van der Waals surface area contributed by atoms with Gasteiger partial charge in [-0.05, 0) is 24.3 Å². The van der Waals surface area contributed by atoms with Crippen molar-refractivity contribution in [3.05, 3.63) is 85.2 Å². The molecule has 0 aliphatic heterocycles. The summed E-state index contributed by atoms with van der Waals surface area (Å²) in [6.07, 6.45) is 3.54. The maximum Gasteiger partial charge on any atom is 0.0886 e. The largest absolute Gasteiger partial charge is 1.00 e. The third-order valence-corrected chi connectivity index (χ3v) is 5.72. The van der Waals surface area contributed by atoms with Crippen LogP contribution in [0, 0.1) is 0 Å². The van der Waals surface area contributed by atoms with Gasteiger partial charge in [-0.15, -0.1) is 0 Å². The number of methoxy groups -OCH3 is 2. The minimum absolute atomic E-state index is 0. The van der Waals surface area contributed by atoms with Crippen LogP contribution in [0.3, 0.4) is 0 Å². The number of phenolic OH excluding ortho intramolecular Hbond substituents is 2. The fourth-order valence-corrected chi connectivity index (χ4v) is 3.95. The van der Waals surface area contributed by atoms with Crippen molar-refractivity contribution < 1.29 is 47.1 Å². The molecule has 4 rings (SSSR count). The molecule has 2 aromatic heterocycles. The normalized spacial score (nSPS) is 9.69. The molecule has 2 N–H and O–H groups in total. The molecule has 0 amide bonds. The summed E-state index contributed by atoms with van der Waals surface area (Å²) >= 11 is 0.0780. The monoisotopic (exact) mass is 492 g/mol. The Bertz CT molecular complexity index is 1030. The topological polar surface area (TPSA) is 84.7 Å². The summed E-state index contributed by atoms with van der Waals surface area (Å²) in [5.41, 5.74) is 1.83. The summed E-state index contributed by atoms with van der Waals surface area (Å²) in [6.45, 7) is 0. The molecule has 6 nitrogen and oxygen atoms in total. The van der Waals surface area contributed by atoms with E-state index in [1.807, 2.05) is 36.4 Å². The Kier molecular flexibility index (Phi) is 9.82. The van der Waals surface area contributed by atoms with Gasteiger partial charge in [-0.1, -0.05) is 12.1 Å². The molecule has 2 heterocycles. The van der Waals surface area contributed by atoms with E-state index in [2.05, 4.69) is 9.97 Å². The van der Waals surface area contributed by atoms with Crippen molar-refractivity contribution in [1.29, 1.82) is 0 Å². The Morgan fingerprint density at radius 3 is 1.41 bits per heavy atom. The Labute approximate surface area is 199 Å². The standard InChI is InChI=1S/C10H8N2.2C7H7O2.ClH.Mn/c1-3-7-11-9(5-1)10-6-2-4-8-12-10;2*1-9-7-5-3-2-4-6(7)8;;/h1-8H;2*2-3,5,8H,1H3;1H;/q;;;;+1/p-1. The number of hydrogen-bond donors (Lipinski definition) is 2. The third kappa shape index (κ3) is 6.37. The minimum atomic E-state index is 0. The minimum Gasteiger partial charge on any atom is -1.00 e. The molecule has 0 spiro atoms. The van der Waals surface area contributed by atoms with Gasteiger partial charge in [0.05, 0.1) is 11.4 Å². The van der Waals surface area contributed by atoms with E-state index in [-0.39, 0.29) is 38.9 Å². The van der Waals surface area contributed by atoms with Crippen molar-refractivity contribution in [3.8, 4) is 34.4 Å². The van der Waals surface area contributed by atoms with Crippen molar-refractivity contribution >= 4 is 8.92 Å². The van der Waals surface area contributed by atoms with Crippen molar-refractivity contribution in [1.82, 2.24) is 9.97 Å². The van der Waals surface area contributed by atoms with Gasteiger partial charge in [0.2, 0.25) is 0 Å². The first kappa shape index (κ1) is 25.0. The van der Waals surface area contributed by atoms with E-state index < -0.39 is 0 Å². The summed E-state index contributed by atoms with van der Waals surface area (Å²) in [6, 6.07) is 22.2. The van der Waals surface area contributed by atoms with Crippen molar-refractivity contribution in [2.45, 2.75) is 0 Å². The molecule has 0 bridgehead atoms. The summed E-state index contributed by atoms with van der Waals surface area (Å²) in [5.74, 6) is 1.06. The van der Waals surface area contributed by atoms with Crippen molar-refractivity contribution in [2.24, 2.45) is 0 Å². The maximum atomic E-state index is 10.0. The van der Waals surface area contributed by atoms with Gasteiger partial charge < -0.3 is 12.4 Å². The van der Waals surface area contributed by atoms with Crippen LogP contribution in [0.4, 0.5) is 0 Å². The van der Waals surface area contributed by atoms with Gasteiger partial charge in [-0.2, -0.15) is 0 Å². The second-order valence-corrected chi connectivity index (χ2v) is 7.67. The molecule has 4 aromatic rings. The van der Waals surface area contributed by atoms with E-state index in [9.17, 15) is 10.2 Å². The molecule has 32 heavy (non-hydrogen) atoms. The molecule has 0 unspecified atom stereocenters. The SMILES string of the molecule is COc1ccc[c]([Mn+][c]2cccc(OC)c2O)c1O.[Cl-].c1ccc(-c2ccccn2)nc1. The molecule has 8 heteroatoms. The number of aromatic hydroxyl groups is 2. The molecule has 2 aromatic carbocycles. The van der Waals surface area contributed by atoms with E-state index in [0.29, 0.717) is 20.4 Å². The first-order valence-electron chi connectivity index (χ1n) is 9.33. The fraction of sp³-hybridized carbons (Fsp3) is 0.0833. The van der Waals surface area contributed by atoms with Gasteiger partial charge >= 0.3 is 117 Å². The van der Waals surface area contributed by atoms with Crippen LogP contribution in [0.2, 0.25) is 0 Å².